The number of rotatable bonds is 6. The number of aromatic nitrogens is 1. The first kappa shape index (κ1) is 12.6. The molecule has 0 fully saturated rings. The molecule has 0 radical (unpaired) electrons. The largest absolute Gasteiger partial charge is 0.395 e. The summed E-state index contributed by atoms with van der Waals surface area (Å²) in [4.78, 5) is 17.6. The molecular weight excluding hydrogens is 204 g/mol. The van der Waals surface area contributed by atoms with Gasteiger partial charge in [-0.2, -0.15) is 0 Å². The normalized spacial score (nSPS) is 10.1. The maximum Gasteiger partial charge on any atom is 0.254 e. The maximum atomic E-state index is 12.0. The zero-order valence-corrected chi connectivity index (χ0v) is 9.59. The number of aliphatic hydroxyl groups excluding tert-OH is 1. The monoisotopic (exact) mass is 222 g/mol. The van der Waals surface area contributed by atoms with Crippen molar-refractivity contribution in [2.75, 3.05) is 19.7 Å². The third-order valence-corrected chi connectivity index (χ3v) is 2.37. The smallest absolute Gasteiger partial charge is 0.254 e. The number of hydrogen-bond donors (Lipinski definition) is 1. The summed E-state index contributed by atoms with van der Waals surface area (Å²) in [5, 5.41) is 8.93. The van der Waals surface area contributed by atoms with Crippen molar-refractivity contribution in [1.82, 2.24) is 9.88 Å². The van der Waals surface area contributed by atoms with Gasteiger partial charge in [0.2, 0.25) is 0 Å². The van der Waals surface area contributed by atoms with E-state index in [4.69, 9.17) is 5.11 Å². The highest BCUT2D eigenvalue weighted by molar-refractivity contribution is 5.94. The fourth-order valence-corrected chi connectivity index (χ4v) is 1.46. The highest BCUT2D eigenvalue weighted by Crippen LogP contribution is 2.04. The van der Waals surface area contributed by atoms with Crippen molar-refractivity contribution in [2.45, 2.75) is 19.8 Å². The number of carbonyl (C=O) groups is 1. The van der Waals surface area contributed by atoms with Crippen LogP contribution in [0.1, 0.15) is 30.1 Å². The Hall–Kier alpha value is -1.42. The van der Waals surface area contributed by atoms with E-state index in [-0.39, 0.29) is 12.5 Å². The van der Waals surface area contributed by atoms with Gasteiger partial charge in [0.25, 0.3) is 5.91 Å². The molecule has 0 atom stereocenters. The van der Waals surface area contributed by atoms with Crippen LogP contribution in [0.5, 0.6) is 0 Å². The average molecular weight is 222 g/mol. The molecule has 0 aromatic carbocycles. The molecule has 0 unspecified atom stereocenters. The van der Waals surface area contributed by atoms with Gasteiger partial charge in [0.1, 0.15) is 0 Å². The second kappa shape index (κ2) is 6.95. The first-order chi connectivity index (χ1) is 7.79. The number of hydrogen-bond acceptors (Lipinski definition) is 3. The molecule has 0 aliphatic carbocycles. The van der Waals surface area contributed by atoms with E-state index in [0.29, 0.717) is 18.7 Å². The van der Waals surface area contributed by atoms with Crippen LogP contribution in [0.25, 0.3) is 0 Å². The van der Waals surface area contributed by atoms with Crippen LogP contribution in [0, 0.1) is 0 Å². The Morgan fingerprint density at radius 1 is 1.38 bits per heavy atom. The number of pyridine rings is 1. The van der Waals surface area contributed by atoms with Gasteiger partial charge in [-0.25, -0.2) is 0 Å². The second-order valence-electron chi connectivity index (χ2n) is 3.61. The van der Waals surface area contributed by atoms with Gasteiger partial charge in [0, 0.05) is 31.0 Å². The van der Waals surface area contributed by atoms with Gasteiger partial charge < -0.3 is 10.0 Å². The summed E-state index contributed by atoms with van der Waals surface area (Å²) in [5.74, 6) is -0.0371. The molecule has 1 heterocycles. The van der Waals surface area contributed by atoms with Gasteiger partial charge in [-0.1, -0.05) is 13.3 Å². The molecule has 1 amide bonds. The SMILES string of the molecule is CCCCN(CCO)C(=O)c1ccncc1. The minimum Gasteiger partial charge on any atom is -0.395 e. The van der Waals surface area contributed by atoms with Gasteiger partial charge in [-0.05, 0) is 18.6 Å². The van der Waals surface area contributed by atoms with Gasteiger partial charge in [0.05, 0.1) is 6.61 Å². The Morgan fingerprint density at radius 3 is 2.62 bits per heavy atom. The first-order valence-electron chi connectivity index (χ1n) is 5.59. The lowest BCUT2D eigenvalue weighted by atomic mass is 10.2. The van der Waals surface area contributed by atoms with Crippen molar-refractivity contribution >= 4 is 5.91 Å². The quantitative estimate of drug-likeness (QED) is 0.789. The molecular formula is C12H18N2O2. The average Bonchev–Trinajstić information content (AvgIpc) is 2.35. The molecule has 0 aliphatic heterocycles. The Labute approximate surface area is 95.9 Å². The molecule has 0 bridgehead atoms. The van der Waals surface area contributed by atoms with E-state index in [9.17, 15) is 4.79 Å². The van der Waals surface area contributed by atoms with Crippen LogP contribution in [0.15, 0.2) is 24.5 Å². The van der Waals surface area contributed by atoms with E-state index in [1.807, 2.05) is 0 Å². The summed E-state index contributed by atoms with van der Waals surface area (Å²) in [6.07, 6.45) is 5.19. The predicted octanol–water partition coefficient (Wildman–Crippen LogP) is 1.32. The Balaban J connectivity index is 2.67. The highest BCUT2D eigenvalue weighted by atomic mass is 16.3. The topological polar surface area (TPSA) is 53.4 Å². The zero-order valence-electron chi connectivity index (χ0n) is 9.59. The Kier molecular flexibility index (Phi) is 5.50. The molecule has 0 aliphatic rings. The van der Waals surface area contributed by atoms with E-state index < -0.39 is 0 Å². The van der Waals surface area contributed by atoms with Gasteiger partial charge in [-0.3, -0.25) is 9.78 Å². The lowest BCUT2D eigenvalue weighted by Crippen LogP contribution is -2.34. The second-order valence-corrected chi connectivity index (χ2v) is 3.61. The van der Waals surface area contributed by atoms with E-state index in [1.54, 1.807) is 29.4 Å². The summed E-state index contributed by atoms with van der Waals surface area (Å²) in [6.45, 7) is 3.16. The molecule has 1 rings (SSSR count). The van der Waals surface area contributed by atoms with Crippen molar-refractivity contribution < 1.29 is 9.90 Å². The number of nitrogens with zero attached hydrogens (tertiary/aromatic N) is 2. The lowest BCUT2D eigenvalue weighted by molar-refractivity contribution is 0.0719. The van der Waals surface area contributed by atoms with Crippen LogP contribution in [0.4, 0.5) is 0 Å². The number of aliphatic hydroxyl groups is 1. The van der Waals surface area contributed by atoms with Crippen LogP contribution in [-0.4, -0.2) is 40.6 Å². The van der Waals surface area contributed by atoms with Crippen molar-refractivity contribution in [1.29, 1.82) is 0 Å². The number of unbranched alkanes of at least 4 members (excludes halogenated alkanes) is 1. The van der Waals surface area contributed by atoms with Gasteiger partial charge in [-0.15, -0.1) is 0 Å². The van der Waals surface area contributed by atoms with E-state index in [0.717, 1.165) is 12.8 Å². The standard InChI is InChI=1S/C12H18N2O2/c1-2-3-8-14(9-10-15)12(16)11-4-6-13-7-5-11/h4-7,15H,2-3,8-10H2,1H3. The molecule has 88 valence electrons. The predicted molar refractivity (Wildman–Crippen MR) is 62.1 cm³/mol. The highest BCUT2D eigenvalue weighted by Gasteiger charge is 2.13. The van der Waals surface area contributed by atoms with Crippen LogP contribution in [-0.2, 0) is 0 Å². The van der Waals surface area contributed by atoms with Crippen LogP contribution in [0.2, 0.25) is 0 Å². The molecule has 4 nitrogen and oxygen atoms in total. The van der Waals surface area contributed by atoms with Crippen molar-refractivity contribution in [2.24, 2.45) is 0 Å². The molecule has 1 aromatic heterocycles. The van der Waals surface area contributed by atoms with Crippen LogP contribution >= 0.6 is 0 Å². The molecule has 4 heteroatoms. The van der Waals surface area contributed by atoms with E-state index in [2.05, 4.69) is 11.9 Å². The Morgan fingerprint density at radius 2 is 2.06 bits per heavy atom. The fraction of sp³-hybridized carbons (Fsp3) is 0.500. The zero-order chi connectivity index (χ0) is 11.8. The number of carbonyl (C=O) groups excluding carboxylic acids is 1. The molecule has 0 saturated carbocycles. The lowest BCUT2D eigenvalue weighted by Gasteiger charge is -2.21. The third-order valence-electron chi connectivity index (χ3n) is 2.37. The van der Waals surface area contributed by atoms with Crippen LogP contribution in [0.3, 0.4) is 0 Å². The molecule has 1 aromatic rings. The summed E-state index contributed by atoms with van der Waals surface area (Å²) in [5.41, 5.74) is 0.625. The third kappa shape index (κ3) is 3.62. The fourth-order valence-electron chi connectivity index (χ4n) is 1.46. The number of amides is 1. The van der Waals surface area contributed by atoms with Crippen molar-refractivity contribution in [3.8, 4) is 0 Å². The van der Waals surface area contributed by atoms with Gasteiger partial charge in [0.15, 0.2) is 0 Å². The summed E-state index contributed by atoms with van der Waals surface area (Å²) < 4.78 is 0. The van der Waals surface area contributed by atoms with Crippen molar-refractivity contribution in [3.63, 3.8) is 0 Å². The minimum atomic E-state index is -0.0371. The maximum absolute atomic E-state index is 12.0. The summed E-state index contributed by atoms with van der Waals surface area (Å²) in [7, 11) is 0. The van der Waals surface area contributed by atoms with E-state index >= 15 is 0 Å². The molecule has 1 N–H and O–H groups in total. The van der Waals surface area contributed by atoms with Crippen LogP contribution < -0.4 is 0 Å². The van der Waals surface area contributed by atoms with Crippen molar-refractivity contribution in [3.05, 3.63) is 30.1 Å². The molecule has 16 heavy (non-hydrogen) atoms. The summed E-state index contributed by atoms with van der Waals surface area (Å²) in [6, 6.07) is 3.39. The summed E-state index contributed by atoms with van der Waals surface area (Å²) >= 11 is 0. The molecule has 0 spiro atoms. The van der Waals surface area contributed by atoms with E-state index in [1.165, 1.54) is 0 Å². The first-order valence-corrected chi connectivity index (χ1v) is 5.59. The van der Waals surface area contributed by atoms with Gasteiger partial charge >= 0.3 is 0 Å². The Bertz CT molecular complexity index is 314. The minimum absolute atomic E-state index is 0.000534. The molecule has 0 saturated heterocycles.